The van der Waals surface area contributed by atoms with Crippen molar-refractivity contribution >= 4 is 23.7 Å². The van der Waals surface area contributed by atoms with Crippen LogP contribution in [0.4, 0.5) is 0 Å². The lowest BCUT2D eigenvalue weighted by molar-refractivity contribution is -0.159. The predicted octanol–water partition coefficient (Wildman–Crippen LogP) is 4.48. The average Bonchev–Trinajstić information content (AvgIpc) is 3.57. The van der Waals surface area contributed by atoms with Crippen LogP contribution in [0.15, 0.2) is 58.7 Å². The van der Waals surface area contributed by atoms with Crippen LogP contribution in [0.3, 0.4) is 0 Å². The van der Waals surface area contributed by atoms with Crippen LogP contribution in [0.2, 0.25) is 0 Å². The molecule has 7 aliphatic rings. The maximum absolute atomic E-state index is 14.7. The Morgan fingerprint density at radius 2 is 1.84 bits per heavy atom. The molecule has 0 aromatic rings. The minimum Gasteiger partial charge on any atom is -0.460 e. The van der Waals surface area contributed by atoms with E-state index in [9.17, 15) is 24.3 Å². The van der Waals surface area contributed by atoms with Crippen LogP contribution in [0.25, 0.3) is 0 Å². The van der Waals surface area contributed by atoms with E-state index in [4.69, 9.17) is 14.2 Å². The number of carbonyl (C=O) groups excluding carboxylic acids is 4. The summed E-state index contributed by atoms with van der Waals surface area (Å²) in [7, 11) is 0. The molecule has 5 aliphatic carbocycles. The second kappa shape index (κ2) is 8.68. The molecule has 0 radical (unpaired) electrons. The van der Waals surface area contributed by atoms with Crippen molar-refractivity contribution in [3.05, 3.63) is 58.7 Å². The molecule has 1 spiro atoms. The van der Waals surface area contributed by atoms with E-state index in [1.54, 1.807) is 6.08 Å². The van der Waals surface area contributed by atoms with Crippen molar-refractivity contribution in [2.45, 2.75) is 91.1 Å². The molecule has 11 atom stereocenters. The minimum absolute atomic E-state index is 0.100. The maximum Gasteiger partial charge on any atom is 0.334 e. The van der Waals surface area contributed by atoms with Crippen LogP contribution in [0.1, 0.15) is 67.2 Å². The lowest BCUT2D eigenvalue weighted by atomic mass is 9.54. The van der Waals surface area contributed by atoms with E-state index >= 15 is 0 Å². The summed E-state index contributed by atoms with van der Waals surface area (Å²) in [6.45, 7) is 15.3. The van der Waals surface area contributed by atoms with Crippen LogP contribution >= 0.6 is 0 Å². The van der Waals surface area contributed by atoms with Gasteiger partial charge in [0, 0.05) is 52.2 Å². The Hall–Kier alpha value is -3.26. The van der Waals surface area contributed by atoms with Crippen LogP contribution in [-0.4, -0.2) is 52.7 Å². The molecule has 43 heavy (non-hydrogen) atoms. The molecule has 4 fully saturated rings. The van der Waals surface area contributed by atoms with Gasteiger partial charge in [-0.15, -0.1) is 0 Å². The predicted molar refractivity (Wildman–Crippen MR) is 155 cm³/mol. The van der Waals surface area contributed by atoms with Crippen molar-refractivity contribution in [3.8, 4) is 0 Å². The van der Waals surface area contributed by atoms with E-state index in [1.165, 1.54) is 6.08 Å². The summed E-state index contributed by atoms with van der Waals surface area (Å²) in [5.41, 5.74) is -0.796. The summed E-state index contributed by atoms with van der Waals surface area (Å²) in [6, 6.07) is 0. The number of aliphatic hydroxyl groups is 1. The Labute approximate surface area is 251 Å². The first-order chi connectivity index (χ1) is 20.1. The number of fused-ring (bicyclic) bond motifs is 6. The SMILES string of the molecule is C=C1C(=O)O[C@H]2[C@H]1CC[C@@](C)(O)[C@]13C=C[C@@](C)([C@H]21)[C@@]1(C3)C(=O)O[C@@H]2[C@H]3C(C)=CC(=O)C3=C(C)C[C@H](OC(=O)C=C(C)C)[C@H]21. The number of carbonyl (C=O) groups is 4. The fourth-order valence-corrected chi connectivity index (χ4v) is 10.6. The first-order valence-corrected chi connectivity index (χ1v) is 15.4. The van der Waals surface area contributed by atoms with Gasteiger partial charge >= 0.3 is 17.9 Å². The Morgan fingerprint density at radius 3 is 2.53 bits per heavy atom. The van der Waals surface area contributed by atoms with Crippen LogP contribution in [0, 0.1) is 39.9 Å². The second-order valence-electron chi connectivity index (χ2n) is 14.8. The van der Waals surface area contributed by atoms with Crippen molar-refractivity contribution in [1.29, 1.82) is 0 Å². The first kappa shape index (κ1) is 28.5. The quantitative estimate of drug-likeness (QED) is 0.217. The molecule has 1 N–H and O–H groups in total. The lowest BCUT2D eigenvalue weighted by Crippen LogP contribution is -2.53. The molecule has 0 amide bonds. The Kier molecular flexibility index (Phi) is 5.75. The molecule has 0 unspecified atom stereocenters. The smallest absolute Gasteiger partial charge is 0.334 e. The van der Waals surface area contributed by atoms with Gasteiger partial charge in [0.15, 0.2) is 5.78 Å². The van der Waals surface area contributed by atoms with Gasteiger partial charge in [-0.05, 0) is 60.0 Å². The molecule has 0 aromatic carbocycles. The van der Waals surface area contributed by atoms with Gasteiger partial charge in [-0.1, -0.05) is 42.4 Å². The van der Waals surface area contributed by atoms with Crippen molar-refractivity contribution in [1.82, 2.24) is 0 Å². The minimum atomic E-state index is -1.22. The summed E-state index contributed by atoms with van der Waals surface area (Å²) >= 11 is 0. The highest BCUT2D eigenvalue weighted by atomic mass is 16.6. The van der Waals surface area contributed by atoms with E-state index in [1.807, 2.05) is 53.7 Å². The largest absolute Gasteiger partial charge is 0.460 e. The average molecular weight is 589 g/mol. The van der Waals surface area contributed by atoms with Crippen molar-refractivity contribution in [3.63, 3.8) is 0 Å². The molecule has 2 aliphatic heterocycles. The molecule has 8 nitrogen and oxygen atoms in total. The Morgan fingerprint density at radius 1 is 1.12 bits per heavy atom. The number of hydrogen-bond donors (Lipinski definition) is 1. The zero-order valence-corrected chi connectivity index (χ0v) is 25.7. The summed E-state index contributed by atoms with van der Waals surface area (Å²) in [6.07, 6.45) is 6.57. The summed E-state index contributed by atoms with van der Waals surface area (Å²) in [5, 5.41) is 12.3. The molecule has 228 valence electrons. The van der Waals surface area contributed by atoms with Crippen molar-refractivity contribution < 1.29 is 38.5 Å². The maximum atomic E-state index is 14.7. The summed E-state index contributed by atoms with van der Waals surface area (Å²) < 4.78 is 18.7. The van der Waals surface area contributed by atoms with Crippen LogP contribution < -0.4 is 0 Å². The van der Waals surface area contributed by atoms with E-state index in [0.29, 0.717) is 24.0 Å². The normalized spacial score (nSPS) is 47.3. The van der Waals surface area contributed by atoms with Gasteiger partial charge in [0.25, 0.3) is 0 Å². The fraction of sp³-hybridized carbons (Fsp3) is 0.600. The molecule has 2 saturated carbocycles. The number of hydrogen-bond acceptors (Lipinski definition) is 8. The number of ether oxygens (including phenoxy) is 3. The Bertz CT molecular complexity index is 1540. The van der Waals surface area contributed by atoms with E-state index in [2.05, 4.69) is 6.58 Å². The number of esters is 3. The van der Waals surface area contributed by atoms with Gasteiger partial charge in [-0.25, -0.2) is 9.59 Å². The standard InChI is InChI=1S/C35H40O8/c1-16(2)12-23(37)41-22-14-18(4)24-21(36)13-17(3)25(24)28-26(22)35(31(39)43-28)15-34-11-10-32(35,6)29(34)27-20(8-9-33(34,7)40)19(5)30(38)42-27/h10-13,20,22,25-29,40H,5,8-9,14-15H2,1-4,6-7H3/t20-,22-,25-,26+,27-,28+,29-,32-,33+,34-,35+/m0/s1. The molecular weight excluding hydrogens is 548 g/mol. The highest BCUT2D eigenvalue weighted by Crippen LogP contribution is 2.80. The van der Waals surface area contributed by atoms with Gasteiger partial charge in [-0.3, -0.25) is 9.59 Å². The number of rotatable bonds is 2. The van der Waals surface area contributed by atoms with Gasteiger partial charge in [-0.2, -0.15) is 0 Å². The first-order valence-electron chi connectivity index (χ1n) is 15.4. The van der Waals surface area contributed by atoms with Gasteiger partial charge in [0.2, 0.25) is 0 Å². The van der Waals surface area contributed by atoms with E-state index in [-0.39, 0.29) is 24.5 Å². The highest BCUT2D eigenvalue weighted by Gasteiger charge is 2.84. The van der Waals surface area contributed by atoms with Gasteiger partial charge in [0.05, 0.1) is 16.9 Å². The monoisotopic (exact) mass is 588 g/mol. The zero-order valence-electron chi connectivity index (χ0n) is 25.7. The van der Waals surface area contributed by atoms with Crippen LogP contribution in [-0.2, 0) is 33.4 Å². The number of allylic oxidation sites excluding steroid dienone is 3. The van der Waals surface area contributed by atoms with E-state index < -0.39 is 75.8 Å². The third-order valence-electron chi connectivity index (χ3n) is 12.4. The topological polar surface area (TPSA) is 116 Å². The second-order valence-corrected chi connectivity index (χ2v) is 14.8. The third kappa shape index (κ3) is 3.31. The van der Waals surface area contributed by atoms with Crippen molar-refractivity contribution in [2.24, 2.45) is 39.9 Å². The zero-order chi connectivity index (χ0) is 31.0. The lowest BCUT2D eigenvalue weighted by Gasteiger charge is -2.46. The van der Waals surface area contributed by atoms with Gasteiger partial charge in [0.1, 0.15) is 18.3 Å². The Balaban J connectivity index is 1.44. The fourth-order valence-electron chi connectivity index (χ4n) is 10.6. The highest BCUT2D eigenvalue weighted by molar-refractivity contribution is 6.09. The molecule has 2 bridgehead atoms. The molecule has 0 aromatic heterocycles. The molecule has 8 heteroatoms. The molecule has 7 rings (SSSR count). The number of ketones is 1. The van der Waals surface area contributed by atoms with Gasteiger partial charge < -0.3 is 19.3 Å². The third-order valence-corrected chi connectivity index (χ3v) is 12.4. The van der Waals surface area contributed by atoms with Crippen molar-refractivity contribution in [2.75, 3.05) is 0 Å². The molecule has 2 saturated heterocycles. The molecule has 2 heterocycles. The van der Waals surface area contributed by atoms with Crippen LogP contribution in [0.5, 0.6) is 0 Å². The van der Waals surface area contributed by atoms with E-state index in [0.717, 1.165) is 16.7 Å². The summed E-state index contributed by atoms with van der Waals surface area (Å²) in [5.74, 6) is -3.21. The molecular formula is C35H40O8. The summed E-state index contributed by atoms with van der Waals surface area (Å²) in [4.78, 5) is 54.0.